The molecule has 3 heterocycles. The van der Waals surface area contributed by atoms with Crippen molar-refractivity contribution in [2.75, 3.05) is 31.1 Å². The topological polar surface area (TPSA) is 67.2 Å². The van der Waals surface area contributed by atoms with E-state index in [9.17, 15) is 4.79 Å². The molecular formula is C27H37ClN6O. The molecule has 0 atom stereocenters. The number of nitrogens with zero attached hydrogens (tertiary/aromatic N) is 6. The number of carbonyl (C=O) groups is 1. The van der Waals surface area contributed by atoms with Crippen molar-refractivity contribution in [3.05, 3.63) is 41.3 Å². The number of halogens is 1. The zero-order chi connectivity index (χ0) is 25.2. The second-order valence-electron chi connectivity index (χ2n) is 11.1. The summed E-state index contributed by atoms with van der Waals surface area (Å²) in [7, 11) is 0. The van der Waals surface area contributed by atoms with Gasteiger partial charge in [-0.15, -0.1) is 0 Å². The highest BCUT2D eigenvalue weighted by atomic mass is 35.5. The average Bonchev–Trinajstić information content (AvgIpc) is 3.04. The molecule has 188 valence electrons. The molecule has 4 rings (SSSR count). The maximum atomic E-state index is 12.9. The van der Waals surface area contributed by atoms with Crippen LogP contribution < -0.4 is 4.90 Å². The van der Waals surface area contributed by atoms with Gasteiger partial charge in [0.1, 0.15) is 11.6 Å². The maximum absolute atomic E-state index is 12.9. The Morgan fingerprint density at radius 1 is 1.11 bits per heavy atom. The predicted octanol–water partition coefficient (Wildman–Crippen LogP) is 5.53. The second-order valence-corrected chi connectivity index (χ2v) is 11.6. The van der Waals surface area contributed by atoms with Gasteiger partial charge >= 0.3 is 0 Å². The van der Waals surface area contributed by atoms with Gasteiger partial charge in [0, 0.05) is 44.0 Å². The van der Waals surface area contributed by atoms with Gasteiger partial charge in [0.05, 0.1) is 17.3 Å². The van der Waals surface area contributed by atoms with E-state index in [4.69, 9.17) is 21.6 Å². The van der Waals surface area contributed by atoms with E-state index in [0.29, 0.717) is 23.9 Å². The van der Waals surface area contributed by atoms with Gasteiger partial charge in [-0.3, -0.25) is 4.79 Å². The van der Waals surface area contributed by atoms with Crippen LogP contribution in [0.5, 0.6) is 0 Å². The van der Waals surface area contributed by atoms with Crippen molar-refractivity contribution in [1.82, 2.24) is 24.6 Å². The molecule has 0 radical (unpaired) electrons. The van der Waals surface area contributed by atoms with E-state index in [1.807, 2.05) is 40.0 Å². The smallest absolute Gasteiger partial charge is 0.223 e. The Balaban J connectivity index is 1.67. The molecule has 1 aliphatic heterocycles. The molecule has 1 aliphatic rings. The SMILES string of the molecule is CC(C)CCc1nc(N2CCCN(C(=O)CC(C)(C)C)CC2)c2cnn(-c3cccc(Cl)c3)c2n1. The number of benzene rings is 1. The van der Waals surface area contributed by atoms with E-state index in [2.05, 4.69) is 44.6 Å². The molecule has 1 amide bonds. The van der Waals surface area contributed by atoms with Crippen molar-refractivity contribution in [1.29, 1.82) is 0 Å². The fourth-order valence-electron chi connectivity index (χ4n) is 4.45. The van der Waals surface area contributed by atoms with Gasteiger partial charge in [-0.1, -0.05) is 52.3 Å². The van der Waals surface area contributed by atoms with Crippen LogP contribution in [-0.2, 0) is 11.2 Å². The number of hydrogen-bond donors (Lipinski definition) is 0. The molecule has 35 heavy (non-hydrogen) atoms. The summed E-state index contributed by atoms with van der Waals surface area (Å²) >= 11 is 6.26. The monoisotopic (exact) mass is 496 g/mol. The second kappa shape index (κ2) is 10.5. The van der Waals surface area contributed by atoms with Crippen LogP contribution in [0.2, 0.25) is 5.02 Å². The van der Waals surface area contributed by atoms with Gasteiger partial charge in [-0.2, -0.15) is 5.10 Å². The number of aryl methyl sites for hydroxylation is 1. The summed E-state index contributed by atoms with van der Waals surface area (Å²) in [6, 6.07) is 7.66. The minimum atomic E-state index is -0.0118. The Hall–Kier alpha value is -2.67. The minimum Gasteiger partial charge on any atom is -0.354 e. The number of amides is 1. The van der Waals surface area contributed by atoms with Crippen molar-refractivity contribution >= 4 is 34.4 Å². The first-order chi connectivity index (χ1) is 16.6. The molecule has 1 aromatic carbocycles. The first-order valence-corrected chi connectivity index (χ1v) is 13.0. The molecule has 0 unspecified atom stereocenters. The summed E-state index contributed by atoms with van der Waals surface area (Å²) < 4.78 is 1.85. The summed E-state index contributed by atoms with van der Waals surface area (Å²) in [5, 5.41) is 6.25. The normalized spacial score (nSPS) is 15.2. The molecule has 0 spiro atoms. The summed E-state index contributed by atoms with van der Waals surface area (Å²) in [6.07, 6.45) is 5.16. The lowest BCUT2D eigenvalue weighted by molar-refractivity contribution is -0.132. The van der Waals surface area contributed by atoms with Crippen LogP contribution in [0.25, 0.3) is 16.7 Å². The Morgan fingerprint density at radius 2 is 1.91 bits per heavy atom. The van der Waals surface area contributed by atoms with Crippen LogP contribution in [0.3, 0.4) is 0 Å². The molecule has 7 nitrogen and oxygen atoms in total. The number of carbonyl (C=O) groups excluding carboxylic acids is 1. The molecule has 8 heteroatoms. The third kappa shape index (κ3) is 6.31. The Morgan fingerprint density at radius 3 is 2.63 bits per heavy atom. The number of hydrogen-bond acceptors (Lipinski definition) is 5. The molecule has 0 bridgehead atoms. The minimum absolute atomic E-state index is 0.0118. The Bertz CT molecular complexity index is 1180. The highest BCUT2D eigenvalue weighted by Crippen LogP contribution is 2.28. The maximum Gasteiger partial charge on any atom is 0.223 e. The van der Waals surface area contributed by atoms with Crippen molar-refractivity contribution in [2.24, 2.45) is 11.3 Å². The molecule has 2 aromatic heterocycles. The van der Waals surface area contributed by atoms with E-state index < -0.39 is 0 Å². The van der Waals surface area contributed by atoms with Crippen LogP contribution in [0.4, 0.5) is 5.82 Å². The lowest BCUT2D eigenvalue weighted by Crippen LogP contribution is -2.37. The van der Waals surface area contributed by atoms with E-state index in [0.717, 1.165) is 67.3 Å². The molecule has 0 saturated carbocycles. The Kier molecular flexibility index (Phi) is 7.64. The molecular weight excluding hydrogens is 460 g/mol. The number of aromatic nitrogens is 4. The van der Waals surface area contributed by atoms with Gasteiger partial charge in [-0.25, -0.2) is 14.6 Å². The quantitative estimate of drug-likeness (QED) is 0.448. The van der Waals surface area contributed by atoms with Gasteiger partial charge in [0.2, 0.25) is 5.91 Å². The number of anilines is 1. The van der Waals surface area contributed by atoms with Gasteiger partial charge in [-0.05, 0) is 42.4 Å². The zero-order valence-corrected chi connectivity index (χ0v) is 22.3. The molecule has 1 saturated heterocycles. The lowest BCUT2D eigenvalue weighted by atomic mass is 9.91. The first-order valence-electron chi connectivity index (χ1n) is 12.6. The van der Waals surface area contributed by atoms with Crippen molar-refractivity contribution < 1.29 is 4.79 Å². The molecule has 0 N–H and O–H groups in total. The average molecular weight is 497 g/mol. The van der Waals surface area contributed by atoms with Gasteiger partial charge < -0.3 is 9.80 Å². The summed E-state index contributed by atoms with van der Waals surface area (Å²) in [4.78, 5) is 27.1. The number of rotatable bonds is 6. The highest BCUT2D eigenvalue weighted by Gasteiger charge is 2.26. The van der Waals surface area contributed by atoms with E-state index in [-0.39, 0.29) is 11.3 Å². The fraction of sp³-hybridized carbons (Fsp3) is 0.556. The summed E-state index contributed by atoms with van der Waals surface area (Å²) in [6.45, 7) is 13.8. The van der Waals surface area contributed by atoms with E-state index in [1.165, 1.54) is 0 Å². The highest BCUT2D eigenvalue weighted by molar-refractivity contribution is 6.30. The lowest BCUT2D eigenvalue weighted by Gasteiger charge is -2.26. The van der Waals surface area contributed by atoms with Gasteiger partial charge in [0.15, 0.2) is 5.65 Å². The Labute approximate surface area is 213 Å². The number of fused-ring (bicyclic) bond motifs is 1. The largest absolute Gasteiger partial charge is 0.354 e. The molecule has 0 aliphatic carbocycles. The van der Waals surface area contributed by atoms with Gasteiger partial charge in [0.25, 0.3) is 0 Å². The van der Waals surface area contributed by atoms with Crippen molar-refractivity contribution in [3.8, 4) is 5.69 Å². The fourth-order valence-corrected chi connectivity index (χ4v) is 4.63. The third-order valence-electron chi connectivity index (χ3n) is 6.28. The predicted molar refractivity (Wildman–Crippen MR) is 142 cm³/mol. The molecule has 3 aromatic rings. The summed E-state index contributed by atoms with van der Waals surface area (Å²) in [5.74, 6) is 2.54. The zero-order valence-electron chi connectivity index (χ0n) is 21.6. The standard InChI is InChI=1S/C27H37ClN6O/c1-19(2)10-11-23-30-25(33-13-7-12-32(14-15-33)24(35)17-27(3,4)5)22-18-29-34(26(22)31-23)21-9-6-8-20(28)16-21/h6,8-9,16,18-19H,7,10-15,17H2,1-5H3. The molecule has 1 fully saturated rings. The van der Waals surface area contributed by atoms with Crippen molar-refractivity contribution in [2.45, 2.75) is 60.3 Å². The van der Waals surface area contributed by atoms with Crippen LogP contribution >= 0.6 is 11.6 Å². The van der Waals surface area contributed by atoms with Crippen LogP contribution in [-0.4, -0.2) is 56.7 Å². The van der Waals surface area contributed by atoms with E-state index >= 15 is 0 Å². The van der Waals surface area contributed by atoms with Crippen LogP contribution in [0.1, 0.15) is 59.7 Å². The van der Waals surface area contributed by atoms with Crippen molar-refractivity contribution in [3.63, 3.8) is 0 Å². The first kappa shape index (κ1) is 25.4. The third-order valence-corrected chi connectivity index (χ3v) is 6.52. The van der Waals surface area contributed by atoms with Crippen LogP contribution in [0.15, 0.2) is 30.5 Å². The van der Waals surface area contributed by atoms with E-state index in [1.54, 1.807) is 0 Å². The summed E-state index contributed by atoms with van der Waals surface area (Å²) in [5.41, 5.74) is 1.66. The van der Waals surface area contributed by atoms with Crippen LogP contribution in [0, 0.1) is 11.3 Å².